The van der Waals surface area contributed by atoms with Crippen molar-refractivity contribution in [3.8, 4) is 17.2 Å². The van der Waals surface area contributed by atoms with E-state index >= 15 is 0 Å². The number of nitrogens with zero attached hydrogens (tertiary/aromatic N) is 1. The zero-order chi connectivity index (χ0) is 20.1. The molecular formula is C17H26N4O6. The van der Waals surface area contributed by atoms with Gasteiger partial charge in [-0.3, -0.25) is 20.2 Å². The van der Waals surface area contributed by atoms with E-state index in [4.69, 9.17) is 19.4 Å². The van der Waals surface area contributed by atoms with Gasteiger partial charge in [-0.15, -0.1) is 0 Å². The Morgan fingerprint density at radius 3 is 2.11 bits per heavy atom. The van der Waals surface area contributed by atoms with Crippen LogP contribution in [0.4, 0.5) is 0 Å². The summed E-state index contributed by atoms with van der Waals surface area (Å²) in [6.07, 6.45) is 3.96. The predicted octanol–water partition coefficient (Wildman–Crippen LogP) is 1.12. The van der Waals surface area contributed by atoms with Crippen LogP contribution in [0.3, 0.4) is 0 Å². The van der Waals surface area contributed by atoms with Gasteiger partial charge < -0.3 is 14.2 Å². The summed E-state index contributed by atoms with van der Waals surface area (Å²) in [7, 11) is 4.56. The first-order chi connectivity index (χ1) is 13.0. The summed E-state index contributed by atoms with van der Waals surface area (Å²) in [6, 6.07) is 3.44. The number of benzene rings is 1. The third-order valence-electron chi connectivity index (χ3n) is 3.59. The molecule has 0 aromatic heterocycles. The Hall–Kier alpha value is -3.01. The van der Waals surface area contributed by atoms with E-state index in [0.717, 1.165) is 0 Å². The SMILES string of the molecule is COc1cc(/C=N/NNC(=O)CCCCCC(=O)NO)cc(OC)c1OC. The van der Waals surface area contributed by atoms with Crippen LogP contribution in [0.2, 0.25) is 0 Å². The highest BCUT2D eigenvalue weighted by Gasteiger charge is 2.12. The van der Waals surface area contributed by atoms with E-state index in [1.165, 1.54) is 27.5 Å². The van der Waals surface area contributed by atoms with E-state index in [9.17, 15) is 9.59 Å². The number of hydrogen-bond acceptors (Lipinski definition) is 8. The lowest BCUT2D eigenvalue weighted by atomic mass is 10.1. The molecule has 0 heterocycles. The standard InChI is InChI=1S/C17H26N4O6/c1-25-13-9-12(10-14(26-2)17(13)27-3)11-18-21-19-15(22)7-5-4-6-8-16(23)20-24/h9-11,21,24H,4-8H2,1-3H3,(H,19,22)(H,20,23)/b18-11+. The highest BCUT2D eigenvalue weighted by atomic mass is 16.5. The third kappa shape index (κ3) is 7.82. The largest absolute Gasteiger partial charge is 0.493 e. The number of ether oxygens (including phenoxy) is 3. The normalized spacial score (nSPS) is 10.4. The number of hydrogen-bond donors (Lipinski definition) is 4. The highest BCUT2D eigenvalue weighted by Crippen LogP contribution is 2.37. The van der Waals surface area contributed by atoms with Gasteiger partial charge in [0.05, 0.1) is 27.5 Å². The fourth-order valence-electron chi connectivity index (χ4n) is 2.24. The van der Waals surface area contributed by atoms with Gasteiger partial charge in [0.2, 0.25) is 17.6 Å². The van der Waals surface area contributed by atoms with E-state index in [1.807, 2.05) is 0 Å². The zero-order valence-electron chi connectivity index (χ0n) is 15.7. The Morgan fingerprint density at radius 1 is 1.00 bits per heavy atom. The maximum absolute atomic E-state index is 11.7. The van der Waals surface area contributed by atoms with Gasteiger partial charge in [-0.25, -0.2) is 11.0 Å². The first kappa shape index (κ1) is 22.0. The molecule has 0 unspecified atom stereocenters. The van der Waals surface area contributed by atoms with Gasteiger partial charge in [0.15, 0.2) is 11.5 Å². The molecular weight excluding hydrogens is 356 g/mol. The van der Waals surface area contributed by atoms with E-state index in [2.05, 4.69) is 16.1 Å². The number of unbranched alkanes of at least 4 members (excludes halogenated alkanes) is 2. The molecule has 1 aromatic rings. The smallest absolute Gasteiger partial charge is 0.243 e. The van der Waals surface area contributed by atoms with Crippen molar-refractivity contribution < 1.29 is 29.0 Å². The van der Waals surface area contributed by atoms with Crippen LogP contribution in [0.15, 0.2) is 17.2 Å². The van der Waals surface area contributed by atoms with Crippen LogP contribution in [0, 0.1) is 0 Å². The van der Waals surface area contributed by atoms with Gasteiger partial charge in [-0.2, -0.15) is 5.10 Å². The van der Waals surface area contributed by atoms with Gasteiger partial charge in [0.1, 0.15) is 0 Å². The second kappa shape index (κ2) is 12.4. The molecule has 4 N–H and O–H groups in total. The van der Waals surface area contributed by atoms with Crippen LogP contribution in [-0.2, 0) is 9.59 Å². The first-order valence-corrected chi connectivity index (χ1v) is 8.35. The van der Waals surface area contributed by atoms with Crippen molar-refractivity contribution in [3.05, 3.63) is 17.7 Å². The second-order valence-corrected chi connectivity index (χ2v) is 5.47. The average Bonchev–Trinajstić information content (AvgIpc) is 2.69. The minimum Gasteiger partial charge on any atom is -0.493 e. The summed E-state index contributed by atoms with van der Waals surface area (Å²) in [5, 5.41) is 12.3. The van der Waals surface area contributed by atoms with Crippen LogP contribution in [0.25, 0.3) is 0 Å². The highest BCUT2D eigenvalue weighted by molar-refractivity contribution is 5.82. The maximum Gasteiger partial charge on any atom is 0.243 e. The molecule has 150 valence electrons. The van der Waals surface area contributed by atoms with Crippen molar-refractivity contribution in [2.24, 2.45) is 5.10 Å². The van der Waals surface area contributed by atoms with Crippen molar-refractivity contribution in [1.29, 1.82) is 0 Å². The quantitative estimate of drug-likeness (QED) is 0.184. The molecule has 2 amide bonds. The average molecular weight is 382 g/mol. The minimum atomic E-state index is -0.428. The van der Waals surface area contributed by atoms with Crippen molar-refractivity contribution >= 4 is 18.0 Å². The van der Waals surface area contributed by atoms with Crippen LogP contribution >= 0.6 is 0 Å². The van der Waals surface area contributed by atoms with Crippen LogP contribution in [0.1, 0.15) is 37.7 Å². The van der Waals surface area contributed by atoms with Crippen LogP contribution in [0.5, 0.6) is 17.2 Å². The Morgan fingerprint density at radius 2 is 1.59 bits per heavy atom. The summed E-state index contributed by atoms with van der Waals surface area (Å²) in [4.78, 5) is 22.5. The summed E-state index contributed by atoms with van der Waals surface area (Å²) in [6.45, 7) is 0. The summed E-state index contributed by atoms with van der Waals surface area (Å²) >= 11 is 0. The number of carbonyl (C=O) groups is 2. The molecule has 0 aliphatic heterocycles. The zero-order valence-corrected chi connectivity index (χ0v) is 15.7. The molecule has 0 spiro atoms. The number of carbonyl (C=O) groups excluding carboxylic acids is 2. The number of hydrazine groups is 1. The lowest BCUT2D eigenvalue weighted by molar-refractivity contribution is -0.129. The molecule has 10 nitrogen and oxygen atoms in total. The molecule has 0 radical (unpaired) electrons. The number of hydrazone groups is 1. The fourth-order valence-corrected chi connectivity index (χ4v) is 2.24. The van der Waals surface area contributed by atoms with Crippen molar-refractivity contribution in [3.63, 3.8) is 0 Å². The molecule has 0 aliphatic carbocycles. The fraction of sp³-hybridized carbons (Fsp3) is 0.471. The molecule has 1 rings (SSSR count). The van der Waals surface area contributed by atoms with Crippen LogP contribution < -0.4 is 30.7 Å². The molecule has 27 heavy (non-hydrogen) atoms. The molecule has 0 atom stereocenters. The minimum absolute atomic E-state index is 0.219. The lowest BCUT2D eigenvalue weighted by Gasteiger charge is -2.12. The lowest BCUT2D eigenvalue weighted by Crippen LogP contribution is -2.33. The molecule has 0 saturated heterocycles. The Bertz CT molecular complexity index is 625. The third-order valence-corrected chi connectivity index (χ3v) is 3.59. The van der Waals surface area contributed by atoms with Crippen molar-refractivity contribution in [2.75, 3.05) is 21.3 Å². The topological polar surface area (TPSA) is 131 Å². The number of amides is 2. The van der Waals surface area contributed by atoms with E-state index in [-0.39, 0.29) is 12.3 Å². The molecule has 0 fully saturated rings. The number of hydroxylamine groups is 1. The molecule has 0 aliphatic rings. The molecule has 0 bridgehead atoms. The number of nitrogens with one attached hydrogen (secondary N) is 3. The molecule has 10 heteroatoms. The van der Waals surface area contributed by atoms with Gasteiger partial charge >= 0.3 is 0 Å². The predicted molar refractivity (Wildman–Crippen MR) is 98.0 cm³/mol. The summed E-state index contributed by atoms with van der Waals surface area (Å²) in [5.41, 5.74) is 7.17. The van der Waals surface area contributed by atoms with E-state index in [0.29, 0.717) is 48.5 Å². The molecule has 0 saturated carbocycles. The number of rotatable bonds is 12. The maximum atomic E-state index is 11.7. The van der Waals surface area contributed by atoms with Crippen LogP contribution in [-0.4, -0.2) is 44.6 Å². The Balaban J connectivity index is 2.40. The summed E-state index contributed by atoms with van der Waals surface area (Å²) < 4.78 is 15.8. The van der Waals surface area contributed by atoms with Gasteiger partial charge in [-0.1, -0.05) is 6.42 Å². The van der Waals surface area contributed by atoms with E-state index in [1.54, 1.807) is 17.6 Å². The van der Waals surface area contributed by atoms with Crippen molar-refractivity contribution in [1.82, 2.24) is 16.4 Å². The van der Waals surface area contributed by atoms with Gasteiger partial charge in [0.25, 0.3) is 0 Å². The van der Waals surface area contributed by atoms with Gasteiger partial charge in [-0.05, 0) is 25.0 Å². The Labute approximate surface area is 157 Å². The van der Waals surface area contributed by atoms with Crippen molar-refractivity contribution in [2.45, 2.75) is 32.1 Å². The summed E-state index contributed by atoms with van der Waals surface area (Å²) in [5.74, 6) is 0.829. The van der Waals surface area contributed by atoms with Gasteiger partial charge in [0, 0.05) is 18.4 Å². The molecule has 1 aromatic carbocycles. The Kier molecular flexibility index (Phi) is 10.1. The second-order valence-electron chi connectivity index (χ2n) is 5.47. The first-order valence-electron chi connectivity index (χ1n) is 8.35. The van der Waals surface area contributed by atoms with E-state index < -0.39 is 5.91 Å². The monoisotopic (exact) mass is 382 g/mol. The number of methoxy groups -OCH3 is 3.